The molecule has 1 aliphatic carbocycles. The fraction of sp³-hybridized carbons (Fsp3) is 1.00. The van der Waals surface area contributed by atoms with E-state index < -0.39 is 0 Å². The Morgan fingerprint density at radius 2 is 2.15 bits per heavy atom. The summed E-state index contributed by atoms with van der Waals surface area (Å²) in [6.45, 7) is 4.14. The van der Waals surface area contributed by atoms with Gasteiger partial charge in [0.05, 0.1) is 6.10 Å². The lowest BCUT2D eigenvalue weighted by atomic mass is 9.79. The van der Waals surface area contributed by atoms with Crippen LogP contribution in [0.15, 0.2) is 0 Å². The molecule has 13 heavy (non-hydrogen) atoms. The first-order valence-corrected chi connectivity index (χ1v) is 5.56. The van der Waals surface area contributed by atoms with Crippen molar-refractivity contribution < 1.29 is 4.74 Å². The molecule has 0 aromatic heterocycles. The molecular formula is C11H21NO. The van der Waals surface area contributed by atoms with Crippen LogP contribution in [-0.2, 0) is 4.74 Å². The van der Waals surface area contributed by atoms with Crippen molar-refractivity contribution in [3.05, 3.63) is 0 Å². The summed E-state index contributed by atoms with van der Waals surface area (Å²) in [5.74, 6) is 0.890. The Balaban J connectivity index is 1.88. The second kappa shape index (κ2) is 3.58. The summed E-state index contributed by atoms with van der Waals surface area (Å²) < 4.78 is 5.67. The molecule has 2 unspecified atom stereocenters. The lowest BCUT2D eigenvalue weighted by Crippen LogP contribution is -2.33. The zero-order valence-corrected chi connectivity index (χ0v) is 8.59. The Bertz CT molecular complexity index is 173. The minimum atomic E-state index is 0.370. The van der Waals surface area contributed by atoms with Crippen LogP contribution in [0.1, 0.15) is 39.0 Å². The average molecular weight is 183 g/mol. The number of hydrogen-bond donors (Lipinski definition) is 1. The number of nitrogens with two attached hydrogens (primary N) is 1. The summed E-state index contributed by atoms with van der Waals surface area (Å²) in [6, 6.07) is 0. The molecule has 2 fully saturated rings. The van der Waals surface area contributed by atoms with Crippen molar-refractivity contribution in [3.63, 3.8) is 0 Å². The van der Waals surface area contributed by atoms with Crippen molar-refractivity contribution in [2.45, 2.75) is 45.1 Å². The molecule has 76 valence electrons. The van der Waals surface area contributed by atoms with Gasteiger partial charge in [-0.3, -0.25) is 0 Å². The Morgan fingerprint density at radius 1 is 1.38 bits per heavy atom. The second-order valence-electron chi connectivity index (χ2n) is 4.97. The lowest BCUT2D eigenvalue weighted by Gasteiger charge is -2.30. The summed E-state index contributed by atoms with van der Waals surface area (Å²) in [5.41, 5.74) is 6.24. The van der Waals surface area contributed by atoms with E-state index in [9.17, 15) is 0 Å². The first-order valence-electron chi connectivity index (χ1n) is 5.56. The van der Waals surface area contributed by atoms with Crippen molar-refractivity contribution >= 4 is 0 Å². The normalized spacial score (nSPS) is 33.2. The predicted octanol–water partition coefficient (Wildman–Crippen LogP) is 1.93. The van der Waals surface area contributed by atoms with Crippen molar-refractivity contribution in [2.75, 3.05) is 13.2 Å². The third kappa shape index (κ3) is 2.05. The molecule has 1 saturated carbocycles. The summed E-state index contributed by atoms with van der Waals surface area (Å²) in [4.78, 5) is 0. The van der Waals surface area contributed by atoms with Crippen LogP contribution in [-0.4, -0.2) is 19.3 Å². The van der Waals surface area contributed by atoms with Crippen LogP contribution in [0, 0.1) is 11.3 Å². The minimum absolute atomic E-state index is 0.370. The maximum atomic E-state index is 5.87. The van der Waals surface area contributed by atoms with Gasteiger partial charge in [0.15, 0.2) is 0 Å². The monoisotopic (exact) mass is 183 g/mol. The molecule has 0 radical (unpaired) electrons. The van der Waals surface area contributed by atoms with E-state index in [1.54, 1.807) is 0 Å². The molecular weight excluding hydrogens is 162 g/mol. The first-order chi connectivity index (χ1) is 6.24. The van der Waals surface area contributed by atoms with Gasteiger partial charge in [0.2, 0.25) is 0 Å². The fourth-order valence-corrected chi connectivity index (χ4v) is 2.52. The molecule has 0 aromatic carbocycles. The lowest BCUT2D eigenvalue weighted by molar-refractivity contribution is 0.0611. The van der Waals surface area contributed by atoms with Crippen LogP contribution in [0.3, 0.4) is 0 Å². The number of hydrogen-bond acceptors (Lipinski definition) is 2. The largest absolute Gasteiger partial charge is 0.378 e. The van der Waals surface area contributed by atoms with E-state index >= 15 is 0 Å². The van der Waals surface area contributed by atoms with Crippen molar-refractivity contribution in [3.8, 4) is 0 Å². The molecule has 1 heterocycles. The SMILES string of the molecule is CC(CN)(CC1CCCO1)C1CC1. The first kappa shape index (κ1) is 9.47. The summed E-state index contributed by atoms with van der Waals surface area (Å²) in [6.07, 6.45) is 6.97. The standard InChI is InChI=1S/C11H21NO/c1-11(8-12,9-4-5-9)7-10-3-2-6-13-10/h9-10H,2-8,12H2,1H3. The Kier molecular flexibility index (Phi) is 2.61. The van der Waals surface area contributed by atoms with E-state index in [0.29, 0.717) is 11.5 Å². The second-order valence-corrected chi connectivity index (χ2v) is 4.97. The third-order valence-corrected chi connectivity index (χ3v) is 3.75. The molecule has 2 atom stereocenters. The molecule has 0 amide bonds. The molecule has 1 aliphatic heterocycles. The van der Waals surface area contributed by atoms with Crippen LogP contribution in [0.4, 0.5) is 0 Å². The average Bonchev–Trinajstić information content (AvgIpc) is 2.88. The predicted molar refractivity (Wildman–Crippen MR) is 53.5 cm³/mol. The van der Waals surface area contributed by atoms with E-state index in [1.165, 1.54) is 32.1 Å². The van der Waals surface area contributed by atoms with Crippen LogP contribution >= 0.6 is 0 Å². The topological polar surface area (TPSA) is 35.2 Å². The van der Waals surface area contributed by atoms with Crippen LogP contribution in [0.5, 0.6) is 0 Å². The van der Waals surface area contributed by atoms with E-state index in [4.69, 9.17) is 10.5 Å². The van der Waals surface area contributed by atoms with Crippen LogP contribution < -0.4 is 5.73 Å². The van der Waals surface area contributed by atoms with Crippen LogP contribution in [0.2, 0.25) is 0 Å². The van der Waals surface area contributed by atoms with Gasteiger partial charge in [-0.15, -0.1) is 0 Å². The van der Waals surface area contributed by atoms with Gasteiger partial charge in [0.25, 0.3) is 0 Å². The Morgan fingerprint density at radius 3 is 2.62 bits per heavy atom. The maximum absolute atomic E-state index is 5.87. The van der Waals surface area contributed by atoms with Gasteiger partial charge in [-0.05, 0) is 50.0 Å². The van der Waals surface area contributed by atoms with Gasteiger partial charge in [-0.2, -0.15) is 0 Å². The molecule has 0 spiro atoms. The van der Waals surface area contributed by atoms with Gasteiger partial charge in [0.1, 0.15) is 0 Å². The Labute approximate surface area is 80.8 Å². The van der Waals surface area contributed by atoms with Crippen molar-refractivity contribution in [1.29, 1.82) is 0 Å². The molecule has 1 saturated heterocycles. The maximum Gasteiger partial charge on any atom is 0.0581 e. The summed E-state index contributed by atoms with van der Waals surface area (Å²) in [7, 11) is 0. The van der Waals surface area contributed by atoms with E-state index in [0.717, 1.165) is 19.1 Å². The van der Waals surface area contributed by atoms with Gasteiger partial charge in [-0.25, -0.2) is 0 Å². The number of ether oxygens (including phenoxy) is 1. The summed E-state index contributed by atoms with van der Waals surface area (Å²) in [5, 5.41) is 0. The Hall–Kier alpha value is -0.0800. The van der Waals surface area contributed by atoms with Crippen molar-refractivity contribution in [1.82, 2.24) is 0 Å². The van der Waals surface area contributed by atoms with Crippen LogP contribution in [0.25, 0.3) is 0 Å². The highest BCUT2D eigenvalue weighted by Crippen LogP contribution is 2.48. The van der Waals surface area contributed by atoms with Crippen molar-refractivity contribution in [2.24, 2.45) is 17.1 Å². The van der Waals surface area contributed by atoms with Gasteiger partial charge >= 0.3 is 0 Å². The molecule has 2 N–H and O–H groups in total. The van der Waals surface area contributed by atoms with E-state index in [2.05, 4.69) is 6.92 Å². The quantitative estimate of drug-likeness (QED) is 0.723. The summed E-state index contributed by atoms with van der Waals surface area (Å²) >= 11 is 0. The molecule has 2 aliphatic rings. The van der Waals surface area contributed by atoms with Gasteiger partial charge in [0, 0.05) is 6.61 Å². The molecule has 2 heteroatoms. The molecule has 0 bridgehead atoms. The molecule has 2 nitrogen and oxygen atoms in total. The van der Waals surface area contributed by atoms with E-state index in [-0.39, 0.29) is 0 Å². The fourth-order valence-electron chi connectivity index (χ4n) is 2.52. The van der Waals surface area contributed by atoms with E-state index in [1.807, 2.05) is 0 Å². The highest BCUT2D eigenvalue weighted by atomic mass is 16.5. The molecule has 2 rings (SSSR count). The smallest absolute Gasteiger partial charge is 0.0581 e. The molecule has 0 aromatic rings. The zero-order chi connectivity index (χ0) is 9.31. The van der Waals surface area contributed by atoms with Gasteiger partial charge in [-0.1, -0.05) is 6.92 Å². The number of rotatable bonds is 4. The highest BCUT2D eigenvalue weighted by molar-refractivity contribution is 4.93. The highest BCUT2D eigenvalue weighted by Gasteiger charge is 2.42. The van der Waals surface area contributed by atoms with Gasteiger partial charge < -0.3 is 10.5 Å². The zero-order valence-electron chi connectivity index (χ0n) is 8.59. The third-order valence-electron chi connectivity index (χ3n) is 3.75. The minimum Gasteiger partial charge on any atom is -0.378 e.